The Kier molecular flexibility index (Phi) is 4.86. The third-order valence-electron chi connectivity index (χ3n) is 4.46. The average Bonchev–Trinajstić information content (AvgIpc) is 2.74. The molecule has 0 saturated carbocycles. The Labute approximate surface area is 162 Å². The Morgan fingerprint density at radius 2 is 1.30 bits per heavy atom. The van der Waals surface area contributed by atoms with Crippen molar-refractivity contribution in [3.63, 3.8) is 0 Å². The lowest BCUT2D eigenvalue weighted by atomic mass is 9.93. The van der Waals surface area contributed by atoms with E-state index in [9.17, 15) is 4.79 Å². The van der Waals surface area contributed by atoms with Crippen LogP contribution >= 0.6 is 11.3 Å². The van der Waals surface area contributed by atoms with Crippen LogP contribution in [-0.2, 0) is 0 Å². The van der Waals surface area contributed by atoms with Crippen molar-refractivity contribution < 1.29 is 4.74 Å². The Bertz CT molecular complexity index is 1100. The number of hydrogen-bond acceptors (Lipinski definition) is 3. The van der Waals surface area contributed by atoms with Gasteiger partial charge in [-0.25, -0.2) is 0 Å². The van der Waals surface area contributed by atoms with Crippen molar-refractivity contribution in [2.45, 2.75) is 0 Å². The highest BCUT2D eigenvalue weighted by Gasteiger charge is 2.16. The quantitative estimate of drug-likeness (QED) is 0.433. The topological polar surface area (TPSA) is 26.3 Å². The van der Waals surface area contributed by atoms with E-state index in [1.165, 1.54) is 11.3 Å². The van der Waals surface area contributed by atoms with Crippen LogP contribution in [0.1, 0.15) is 0 Å². The molecule has 0 fully saturated rings. The minimum absolute atomic E-state index is 0.0411. The molecular formula is C24H18O2S. The molecule has 0 aliphatic rings. The predicted octanol–water partition coefficient (Wildman–Crippen LogP) is 6.12. The van der Waals surface area contributed by atoms with Crippen molar-refractivity contribution in [1.82, 2.24) is 0 Å². The molecule has 0 unspecified atom stereocenters. The highest BCUT2D eigenvalue weighted by Crippen LogP contribution is 2.41. The number of methoxy groups -OCH3 is 1. The van der Waals surface area contributed by atoms with Crippen LogP contribution in [0.5, 0.6) is 5.75 Å². The third kappa shape index (κ3) is 3.55. The Hall–Kier alpha value is -3.17. The molecule has 3 heteroatoms. The molecule has 0 bridgehead atoms. The lowest BCUT2D eigenvalue weighted by Gasteiger charge is -2.15. The zero-order chi connectivity index (χ0) is 18.6. The number of hydrogen-bond donors (Lipinski definition) is 0. The van der Waals surface area contributed by atoms with E-state index in [1.54, 1.807) is 13.2 Å². The number of benzene rings is 3. The van der Waals surface area contributed by atoms with Gasteiger partial charge in [-0.05, 0) is 46.5 Å². The van der Waals surface area contributed by atoms with Gasteiger partial charge in [-0.15, -0.1) is 0 Å². The molecule has 4 aromatic rings. The molecule has 0 atom stereocenters. The lowest BCUT2D eigenvalue weighted by Crippen LogP contribution is -1.98. The van der Waals surface area contributed by atoms with Crippen LogP contribution in [0, 0.1) is 0 Å². The van der Waals surface area contributed by atoms with E-state index in [0.29, 0.717) is 0 Å². The maximum absolute atomic E-state index is 12.6. The molecule has 132 valence electrons. The van der Waals surface area contributed by atoms with Crippen LogP contribution < -0.4 is 9.48 Å². The Morgan fingerprint density at radius 1 is 0.704 bits per heavy atom. The van der Waals surface area contributed by atoms with Crippen molar-refractivity contribution in [1.29, 1.82) is 0 Å². The van der Waals surface area contributed by atoms with Gasteiger partial charge in [0, 0.05) is 16.5 Å². The van der Waals surface area contributed by atoms with Crippen molar-refractivity contribution in [3.8, 4) is 38.4 Å². The summed E-state index contributed by atoms with van der Waals surface area (Å²) < 4.78 is 5.32. The fourth-order valence-corrected chi connectivity index (χ4v) is 4.14. The molecule has 1 heterocycles. The SMILES string of the molecule is COc1ccc(-c2sc(=O)cc(-c3ccccc3)c2-c2ccccc2)cc1. The highest BCUT2D eigenvalue weighted by molar-refractivity contribution is 7.13. The van der Waals surface area contributed by atoms with Gasteiger partial charge < -0.3 is 4.74 Å². The van der Waals surface area contributed by atoms with Crippen LogP contribution in [0.4, 0.5) is 0 Å². The molecule has 0 amide bonds. The number of rotatable bonds is 4. The summed E-state index contributed by atoms with van der Waals surface area (Å²) >= 11 is 1.28. The van der Waals surface area contributed by atoms with Gasteiger partial charge in [0.15, 0.2) is 0 Å². The fraction of sp³-hybridized carbons (Fsp3) is 0.0417. The van der Waals surface area contributed by atoms with Crippen LogP contribution in [0.25, 0.3) is 32.7 Å². The molecule has 27 heavy (non-hydrogen) atoms. The molecule has 0 saturated heterocycles. The van der Waals surface area contributed by atoms with Gasteiger partial charge >= 0.3 is 0 Å². The molecular weight excluding hydrogens is 352 g/mol. The summed E-state index contributed by atoms with van der Waals surface area (Å²) in [5, 5.41) is 0. The van der Waals surface area contributed by atoms with Crippen molar-refractivity contribution in [3.05, 3.63) is 101 Å². The minimum Gasteiger partial charge on any atom is -0.497 e. The zero-order valence-electron chi connectivity index (χ0n) is 14.9. The van der Waals surface area contributed by atoms with Crippen LogP contribution in [0.15, 0.2) is 95.8 Å². The largest absolute Gasteiger partial charge is 0.497 e. The predicted molar refractivity (Wildman–Crippen MR) is 113 cm³/mol. The van der Waals surface area contributed by atoms with Gasteiger partial charge in [0.1, 0.15) is 5.75 Å². The zero-order valence-corrected chi connectivity index (χ0v) is 15.7. The van der Waals surface area contributed by atoms with Crippen LogP contribution in [0.2, 0.25) is 0 Å². The second-order valence-electron chi connectivity index (χ2n) is 6.14. The van der Waals surface area contributed by atoms with Crippen LogP contribution in [-0.4, -0.2) is 7.11 Å². The summed E-state index contributed by atoms with van der Waals surface area (Å²) in [4.78, 5) is 13.5. The Balaban J connectivity index is 2.03. The minimum atomic E-state index is 0.0411. The molecule has 0 aliphatic carbocycles. The second kappa shape index (κ2) is 7.60. The average molecular weight is 370 g/mol. The Morgan fingerprint density at radius 3 is 1.89 bits per heavy atom. The molecule has 0 aliphatic heterocycles. The molecule has 1 aromatic heterocycles. The normalized spacial score (nSPS) is 10.6. The first-order valence-corrected chi connectivity index (χ1v) is 9.51. The molecule has 2 nitrogen and oxygen atoms in total. The molecule has 3 aromatic carbocycles. The first-order chi connectivity index (χ1) is 13.3. The van der Waals surface area contributed by atoms with E-state index in [-0.39, 0.29) is 4.74 Å². The van der Waals surface area contributed by atoms with Gasteiger partial charge in [-0.3, -0.25) is 4.79 Å². The maximum Gasteiger partial charge on any atom is 0.233 e. The molecule has 4 rings (SSSR count). The van der Waals surface area contributed by atoms with Crippen molar-refractivity contribution in [2.24, 2.45) is 0 Å². The number of ether oxygens (including phenoxy) is 1. The first kappa shape index (κ1) is 17.3. The summed E-state index contributed by atoms with van der Waals surface area (Å²) in [7, 11) is 1.65. The van der Waals surface area contributed by atoms with Crippen molar-refractivity contribution >= 4 is 11.3 Å². The van der Waals surface area contributed by atoms with Crippen molar-refractivity contribution in [2.75, 3.05) is 7.11 Å². The summed E-state index contributed by atoms with van der Waals surface area (Å²) in [6, 6.07) is 29.9. The second-order valence-corrected chi connectivity index (χ2v) is 7.16. The standard InChI is InChI=1S/C24H18O2S/c1-26-20-14-12-19(13-15-20)24-23(18-10-6-3-7-11-18)21(16-22(25)27-24)17-8-4-2-5-9-17/h2-16H,1H3. The monoisotopic (exact) mass is 370 g/mol. The fourth-order valence-electron chi connectivity index (χ4n) is 3.18. The van der Waals surface area contributed by atoms with E-state index < -0.39 is 0 Å². The van der Waals surface area contributed by atoms with Gasteiger partial charge in [0.25, 0.3) is 0 Å². The van der Waals surface area contributed by atoms with E-state index in [2.05, 4.69) is 12.1 Å². The molecule has 0 radical (unpaired) electrons. The van der Waals surface area contributed by atoms with E-state index >= 15 is 0 Å². The summed E-state index contributed by atoms with van der Waals surface area (Å²) in [6.45, 7) is 0. The van der Waals surface area contributed by atoms with Gasteiger partial charge in [0.05, 0.1) is 7.11 Å². The van der Waals surface area contributed by atoms with E-state index in [1.807, 2.05) is 72.8 Å². The van der Waals surface area contributed by atoms with Crippen LogP contribution in [0.3, 0.4) is 0 Å². The maximum atomic E-state index is 12.6. The molecule has 0 spiro atoms. The van der Waals surface area contributed by atoms with E-state index in [0.717, 1.165) is 38.4 Å². The smallest absolute Gasteiger partial charge is 0.233 e. The highest BCUT2D eigenvalue weighted by atomic mass is 32.1. The summed E-state index contributed by atoms with van der Waals surface area (Å²) in [5.41, 5.74) is 5.18. The van der Waals surface area contributed by atoms with Gasteiger partial charge in [-0.1, -0.05) is 72.0 Å². The van der Waals surface area contributed by atoms with E-state index in [4.69, 9.17) is 4.74 Å². The summed E-state index contributed by atoms with van der Waals surface area (Å²) in [6.07, 6.45) is 0. The molecule has 0 N–H and O–H groups in total. The summed E-state index contributed by atoms with van der Waals surface area (Å²) in [5.74, 6) is 0.798. The first-order valence-electron chi connectivity index (χ1n) is 8.69. The van der Waals surface area contributed by atoms with Gasteiger partial charge in [0.2, 0.25) is 4.74 Å². The van der Waals surface area contributed by atoms with Gasteiger partial charge in [-0.2, -0.15) is 0 Å². The third-order valence-corrected chi connectivity index (χ3v) is 5.42. The lowest BCUT2D eigenvalue weighted by molar-refractivity contribution is 0.415.